The van der Waals surface area contributed by atoms with E-state index in [-0.39, 0.29) is 11.7 Å². The van der Waals surface area contributed by atoms with Crippen LogP contribution in [0.1, 0.15) is 18.5 Å². The number of rotatable bonds is 5. The van der Waals surface area contributed by atoms with Crippen molar-refractivity contribution in [3.8, 4) is 5.75 Å². The fourth-order valence-corrected chi connectivity index (χ4v) is 1.94. The molecule has 112 valence electrons. The van der Waals surface area contributed by atoms with Gasteiger partial charge in [-0.3, -0.25) is 0 Å². The monoisotopic (exact) mass is 296 g/mol. The van der Waals surface area contributed by atoms with Crippen molar-refractivity contribution in [1.82, 2.24) is 0 Å². The van der Waals surface area contributed by atoms with E-state index < -0.39 is 18.2 Å². The van der Waals surface area contributed by atoms with Crippen LogP contribution in [0.2, 0.25) is 0 Å². The molecule has 1 unspecified atom stereocenters. The third-order valence-corrected chi connectivity index (χ3v) is 2.99. The lowest BCUT2D eigenvalue weighted by Crippen LogP contribution is -2.10. The quantitative estimate of drug-likeness (QED) is 0.814. The number of benzene rings is 2. The van der Waals surface area contributed by atoms with Gasteiger partial charge in [-0.25, -0.2) is 4.39 Å². The molecule has 0 saturated heterocycles. The zero-order chi connectivity index (χ0) is 15.4. The smallest absolute Gasteiger partial charge is 0.387 e. The van der Waals surface area contributed by atoms with Crippen molar-refractivity contribution < 1.29 is 17.9 Å². The fourth-order valence-electron chi connectivity index (χ4n) is 1.94. The maximum atomic E-state index is 13.5. The second-order valence-electron chi connectivity index (χ2n) is 4.53. The first kappa shape index (κ1) is 15.0. The Morgan fingerprint density at radius 1 is 1.14 bits per heavy atom. The van der Waals surface area contributed by atoms with Crippen LogP contribution in [0.5, 0.6) is 5.75 Å². The fraction of sp³-hybridized carbons (Fsp3) is 0.200. The third-order valence-electron chi connectivity index (χ3n) is 2.99. The van der Waals surface area contributed by atoms with Crippen molar-refractivity contribution in [2.75, 3.05) is 11.1 Å². The van der Waals surface area contributed by atoms with Gasteiger partial charge in [-0.2, -0.15) is 8.78 Å². The molecule has 3 nitrogen and oxygen atoms in total. The van der Waals surface area contributed by atoms with Crippen LogP contribution in [0.25, 0.3) is 0 Å². The summed E-state index contributed by atoms with van der Waals surface area (Å²) in [6.45, 7) is -1.21. The first-order valence-electron chi connectivity index (χ1n) is 6.32. The number of alkyl halides is 2. The molecule has 0 radical (unpaired) electrons. The Morgan fingerprint density at radius 2 is 1.81 bits per heavy atom. The molecule has 0 aliphatic heterocycles. The highest BCUT2D eigenvalue weighted by atomic mass is 19.3. The van der Waals surface area contributed by atoms with E-state index in [1.165, 1.54) is 0 Å². The molecule has 0 bridgehead atoms. The van der Waals surface area contributed by atoms with Crippen LogP contribution < -0.4 is 15.8 Å². The lowest BCUT2D eigenvalue weighted by molar-refractivity contribution is -0.0521. The summed E-state index contributed by atoms with van der Waals surface area (Å²) in [7, 11) is 0. The van der Waals surface area contributed by atoms with Crippen molar-refractivity contribution in [2.24, 2.45) is 0 Å². The average molecular weight is 296 g/mol. The molecule has 3 N–H and O–H groups in total. The normalized spacial score (nSPS) is 12.2. The highest BCUT2D eigenvalue weighted by Gasteiger charge is 2.15. The maximum absolute atomic E-state index is 13.5. The SMILES string of the molecule is CC(Nc1cc(OC(F)F)c(F)cc1N)c1ccccc1. The van der Waals surface area contributed by atoms with E-state index in [2.05, 4.69) is 10.1 Å². The molecule has 2 aromatic rings. The average Bonchev–Trinajstić information content (AvgIpc) is 2.44. The molecule has 0 aromatic heterocycles. The molecule has 21 heavy (non-hydrogen) atoms. The van der Waals surface area contributed by atoms with E-state index >= 15 is 0 Å². The predicted octanol–water partition coefficient (Wildman–Crippen LogP) is 4.18. The number of nitrogen functional groups attached to an aromatic ring is 1. The molecule has 0 amide bonds. The minimum Gasteiger partial charge on any atom is -0.432 e. The highest BCUT2D eigenvalue weighted by molar-refractivity contribution is 5.69. The first-order valence-corrected chi connectivity index (χ1v) is 6.32. The standard InChI is InChI=1S/C15H15F3N2O/c1-9(10-5-3-2-4-6-10)20-13-8-14(21-15(17)18)11(16)7-12(13)19/h2-9,15,20H,19H2,1H3. The van der Waals surface area contributed by atoms with Gasteiger partial charge in [-0.1, -0.05) is 30.3 Å². The molecule has 6 heteroatoms. The molecule has 2 aromatic carbocycles. The van der Waals surface area contributed by atoms with E-state index in [1.54, 1.807) is 0 Å². The number of nitrogens with two attached hydrogens (primary N) is 1. The molecule has 0 fully saturated rings. The van der Waals surface area contributed by atoms with Gasteiger partial charge in [-0.15, -0.1) is 0 Å². The van der Waals surface area contributed by atoms with Crippen molar-refractivity contribution in [3.05, 3.63) is 53.8 Å². The first-order chi connectivity index (χ1) is 9.97. The van der Waals surface area contributed by atoms with E-state index in [0.29, 0.717) is 5.69 Å². The van der Waals surface area contributed by atoms with Gasteiger partial charge in [0.2, 0.25) is 0 Å². The lowest BCUT2D eigenvalue weighted by atomic mass is 10.1. The molecule has 1 atom stereocenters. The summed E-state index contributed by atoms with van der Waals surface area (Å²) < 4.78 is 42.0. The Bertz CT molecular complexity index is 605. The van der Waals surface area contributed by atoms with Gasteiger partial charge in [0, 0.05) is 18.2 Å². The van der Waals surface area contributed by atoms with E-state index in [1.807, 2.05) is 37.3 Å². The molecule has 0 heterocycles. The van der Waals surface area contributed by atoms with E-state index in [4.69, 9.17) is 5.73 Å². The number of ether oxygens (including phenoxy) is 1. The van der Waals surface area contributed by atoms with Crippen LogP contribution >= 0.6 is 0 Å². The predicted molar refractivity (Wildman–Crippen MR) is 75.9 cm³/mol. The van der Waals surface area contributed by atoms with E-state index in [0.717, 1.165) is 17.7 Å². The zero-order valence-electron chi connectivity index (χ0n) is 11.3. The molecule has 2 rings (SSSR count). The summed E-state index contributed by atoms with van der Waals surface area (Å²) in [5.74, 6) is -1.47. The lowest BCUT2D eigenvalue weighted by Gasteiger charge is -2.18. The summed E-state index contributed by atoms with van der Waals surface area (Å²) in [4.78, 5) is 0. The van der Waals surface area contributed by atoms with Crippen LogP contribution in [-0.2, 0) is 0 Å². The van der Waals surface area contributed by atoms with Gasteiger partial charge < -0.3 is 15.8 Å². The molecule has 0 aliphatic rings. The van der Waals surface area contributed by atoms with Gasteiger partial charge in [0.1, 0.15) is 0 Å². The van der Waals surface area contributed by atoms with Crippen molar-refractivity contribution >= 4 is 11.4 Å². The summed E-state index contributed by atoms with van der Waals surface area (Å²) >= 11 is 0. The zero-order valence-corrected chi connectivity index (χ0v) is 11.3. The number of hydrogen-bond acceptors (Lipinski definition) is 3. The molecule has 0 spiro atoms. The van der Waals surface area contributed by atoms with Gasteiger partial charge in [0.15, 0.2) is 11.6 Å². The Morgan fingerprint density at radius 3 is 2.43 bits per heavy atom. The molecular formula is C15H15F3N2O. The maximum Gasteiger partial charge on any atom is 0.387 e. The molecule has 0 aliphatic carbocycles. The second kappa shape index (κ2) is 6.39. The van der Waals surface area contributed by atoms with Crippen LogP contribution in [0.4, 0.5) is 24.5 Å². The van der Waals surface area contributed by atoms with Crippen molar-refractivity contribution in [3.63, 3.8) is 0 Å². The topological polar surface area (TPSA) is 47.3 Å². The van der Waals surface area contributed by atoms with Crippen LogP contribution in [0.15, 0.2) is 42.5 Å². The number of nitrogens with one attached hydrogen (secondary N) is 1. The summed E-state index contributed by atoms with van der Waals surface area (Å²) in [5, 5.41) is 3.05. The largest absolute Gasteiger partial charge is 0.432 e. The van der Waals surface area contributed by atoms with Crippen molar-refractivity contribution in [1.29, 1.82) is 0 Å². The Kier molecular flexibility index (Phi) is 4.57. The van der Waals surface area contributed by atoms with Gasteiger partial charge in [0.05, 0.1) is 11.4 Å². The number of hydrogen-bond donors (Lipinski definition) is 2. The van der Waals surface area contributed by atoms with E-state index in [9.17, 15) is 13.2 Å². The minimum atomic E-state index is -3.09. The Labute approximate surface area is 120 Å². The molecular weight excluding hydrogens is 281 g/mol. The van der Waals surface area contributed by atoms with Crippen LogP contribution in [-0.4, -0.2) is 6.61 Å². The van der Waals surface area contributed by atoms with Crippen LogP contribution in [0, 0.1) is 5.82 Å². The van der Waals surface area contributed by atoms with Crippen molar-refractivity contribution in [2.45, 2.75) is 19.6 Å². The number of halogens is 3. The number of anilines is 2. The van der Waals surface area contributed by atoms with Crippen LogP contribution in [0.3, 0.4) is 0 Å². The molecule has 0 saturated carbocycles. The summed E-state index contributed by atoms with van der Waals surface area (Å²) in [6, 6.07) is 11.4. The Hall–Kier alpha value is -2.37. The Balaban J connectivity index is 2.23. The summed E-state index contributed by atoms with van der Waals surface area (Å²) in [5.41, 5.74) is 7.14. The second-order valence-corrected chi connectivity index (χ2v) is 4.53. The summed E-state index contributed by atoms with van der Waals surface area (Å²) in [6.07, 6.45) is 0. The highest BCUT2D eigenvalue weighted by Crippen LogP contribution is 2.31. The third kappa shape index (κ3) is 3.81. The minimum absolute atomic E-state index is 0.122. The van der Waals surface area contributed by atoms with Gasteiger partial charge >= 0.3 is 6.61 Å². The van der Waals surface area contributed by atoms with Gasteiger partial charge in [-0.05, 0) is 12.5 Å². The van der Waals surface area contributed by atoms with Gasteiger partial charge in [0.25, 0.3) is 0 Å².